The van der Waals surface area contributed by atoms with Crippen molar-refractivity contribution in [2.45, 2.75) is 55.7 Å². The van der Waals surface area contributed by atoms with E-state index >= 15 is 0 Å². The first kappa shape index (κ1) is 29.9. The highest BCUT2D eigenvalue weighted by atomic mass is 35.5. The maximum Gasteiger partial charge on any atom is 0.263 e. The molecule has 42 heavy (non-hydrogen) atoms. The number of fused-ring (bicyclic) bond motifs is 1. The lowest BCUT2D eigenvalue weighted by atomic mass is 9.95. The fourth-order valence-corrected chi connectivity index (χ4v) is 7.43. The summed E-state index contributed by atoms with van der Waals surface area (Å²) >= 11 is 6.29. The summed E-state index contributed by atoms with van der Waals surface area (Å²) in [6.45, 7) is -0.125. The number of anilines is 1. The Morgan fingerprint density at radius 1 is 1.02 bits per heavy atom. The highest BCUT2D eigenvalue weighted by Crippen LogP contribution is 2.35. The van der Waals surface area contributed by atoms with Gasteiger partial charge in [0.25, 0.3) is 5.91 Å². The molecule has 0 bridgehead atoms. The van der Waals surface area contributed by atoms with Gasteiger partial charge < -0.3 is 19.7 Å². The Labute approximate surface area is 251 Å². The average molecular weight is 612 g/mol. The van der Waals surface area contributed by atoms with E-state index in [1.165, 1.54) is 34.5 Å². The molecule has 0 spiro atoms. The molecule has 1 aliphatic carbocycles. The molecule has 1 aliphatic heterocycles. The predicted molar refractivity (Wildman–Crippen MR) is 160 cm³/mol. The van der Waals surface area contributed by atoms with Gasteiger partial charge in [-0.3, -0.25) is 9.59 Å². The van der Waals surface area contributed by atoms with Crippen molar-refractivity contribution in [3.8, 4) is 11.5 Å². The van der Waals surface area contributed by atoms with Crippen LogP contribution in [0, 0.1) is 0 Å². The second kappa shape index (κ2) is 13.1. The summed E-state index contributed by atoms with van der Waals surface area (Å²) in [5.41, 5.74) is 1.42. The third-order valence-corrected chi connectivity index (χ3v) is 9.87. The molecule has 0 aromatic heterocycles. The zero-order valence-electron chi connectivity index (χ0n) is 23.4. The van der Waals surface area contributed by atoms with Crippen molar-refractivity contribution < 1.29 is 27.5 Å². The van der Waals surface area contributed by atoms with Gasteiger partial charge in [0.2, 0.25) is 15.9 Å². The lowest BCUT2D eigenvalue weighted by Gasteiger charge is -2.37. The second-order valence-electron chi connectivity index (χ2n) is 10.4. The molecule has 1 atom stereocenters. The minimum atomic E-state index is -4.09. The number of carbonyl (C=O) groups excluding carboxylic acids is 2. The summed E-state index contributed by atoms with van der Waals surface area (Å²) in [7, 11) is -2.64. The van der Waals surface area contributed by atoms with Crippen LogP contribution in [0.15, 0.2) is 77.7 Å². The Morgan fingerprint density at radius 2 is 1.74 bits per heavy atom. The number of ether oxygens (including phenoxy) is 2. The SMILES string of the molecule is COc1ccc(S(=O)(=O)N(CC(=O)N2CC(C(=O)NCc3ccccc3)Oc3ccccc32)C2CCCCC2)cc1Cl. The minimum Gasteiger partial charge on any atom is -0.495 e. The molecule has 0 saturated heterocycles. The Kier molecular flexibility index (Phi) is 9.35. The van der Waals surface area contributed by atoms with Crippen LogP contribution in [0.5, 0.6) is 11.5 Å². The Hall–Kier alpha value is -3.60. The number of benzene rings is 3. The number of sulfonamides is 1. The summed E-state index contributed by atoms with van der Waals surface area (Å²) < 4.78 is 40.5. The van der Waals surface area contributed by atoms with E-state index in [1.54, 1.807) is 24.3 Å². The van der Waals surface area contributed by atoms with Crippen LogP contribution < -0.4 is 19.7 Å². The number of carbonyl (C=O) groups is 2. The number of rotatable bonds is 9. The van der Waals surface area contributed by atoms with Crippen LogP contribution in [0.3, 0.4) is 0 Å². The van der Waals surface area contributed by atoms with Crippen LogP contribution in [0.2, 0.25) is 5.02 Å². The van der Waals surface area contributed by atoms with Gasteiger partial charge in [-0.25, -0.2) is 8.42 Å². The normalized spacial score (nSPS) is 17.3. The van der Waals surface area contributed by atoms with Gasteiger partial charge in [-0.15, -0.1) is 0 Å². The number of halogens is 1. The van der Waals surface area contributed by atoms with Crippen LogP contribution in [-0.2, 0) is 26.2 Å². The molecular weight excluding hydrogens is 578 g/mol. The molecular formula is C31H34ClN3O6S. The molecule has 3 aromatic carbocycles. The second-order valence-corrected chi connectivity index (χ2v) is 12.7. The number of nitrogens with one attached hydrogen (secondary N) is 1. The largest absolute Gasteiger partial charge is 0.495 e. The molecule has 5 rings (SSSR count). The molecule has 0 radical (unpaired) electrons. The third-order valence-electron chi connectivity index (χ3n) is 7.68. The first-order valence-corrected chi connectivity index (χ1v) is 15.8. The fraction of sp³-hybridized carbons (Fsp3) is 0.355. The smallest absolute Gasteiger partial charge is 0.263 e. The van der Waals surface area contributed by atoms with Gasteiger partial charge in [-0.2, -0.15) is 4.31 Å². The monoisotopic (exact) mass is 611 g/mol. The molecule has 9 nitrogen and oxygen atoms in total. The van der Waals surface area contributed by atoms with Crippen molar-refractivity contribution in [1.82, 2.24) is 9.62 Å². The summed E-state index contributed by atoms with van der Waals surface area (Å²) in [5, 5.41) is 3.05. The maximum absolute atomic E-state index is 14.0. The van der Waals surface area contributed by atoms with E-state index in [0.717, 1.165) is 24.8 Å². The van der Waals surface area contributed by atoms with Crippen molar-refractivity contribution >= 4 is 39.1 Å². The number of para-hydroxylation sites is 2. The van der Waals surface area contributed by atoms with Crippen molar-refractivity contribution in [3.05, 3.63) is 83.4 Å². The first-order chi connectivity index (χ1) is 20.3. The van der Waals surface area contributed by atoms with Gasteiger partial charge in [0.1, 0.15) is 11.5 Å². The minimum absolute atomic E-state index is 0.00721. The van der Waals surface area contributed by atoms with E-state index in [2.05, 4.69) is 5.32 Å². The Balaban J connectivity index is 1.40. The van der Waals surface area contributed by atoms with E-state index in [9.17, 15) is 18.0 Å². The highest BCUT2D eigenvalue weighted by Gasteiger charge is 2.39. The molecule has 1 unspecified atom stereocenters. The summed E-state index contributed by atoms with van der Waals surface area (Å²) in [6, 6.07) is 20.4. The van der Waals surface area contributed by atoms with Gasteiger partial charge in [-0.05, 0) is 48.7 Å². The van der Waals surface area contributed by atoms with E-state index < -0.39 is 22.0 Å². The molecule has 2 aliphatic rings. The number of hydrogen-bond acceptors (Lipinski definition) is 6. The number of amides is 2. The first-order valence-electron chi connectivity index (χ1n) is 14.0. The van der Waals surface area contributed by atoms with Crippen molar-refractivity contribution in [1.29, 1.82) is 0 Å². The van der Waals surface area contributed by atoms with E-state index in [4.69, 9.17) is 21.1 Å². The van der Waals surface area contributed by atoms with Crippen LogP contribution >= 0.6 is 11.6 Å². The molecule has 11 heteroatoms. The van der Waals surface area contributed by atoms with Crippen molar-refractivity contribution in [2.24, 2.45) is 0 Å². The predicted octanol–water partition coefficient (Wildman–Crippen LogP) is 4.78. The lowest BCUT2D eigenvalue weighted by Crippen LogP contribution is -2.54. The van der Waals surface area contributed by atoms with Gasteiger partial charge >= 0.3 is 0 Å². The number of hydrogen-bond donors (Lipinski definition) is 1. The van der Waals surface area contributed by atoms with Crippen LogP contribution in [0.25, 0.3) is 0 Å². The number of nitrogens with zero attached hydrogens (tertiary/aromatic N) is 2. The van der Waals surface area contributed by atoms with Crippen LogP contribution in [0.4, 0.5) is 5.69 Å². The molecule has 1 fully saturated rings. The summed E-state index contributed by atoms with van der Waals surface area (Å²) in [4.78, 5) is 28.6. The molecule has 1 heterocycles. The lowest BCUT2D eigenvalue weighted by molar-refractivity contribution is -0.128. The fourth-order valence-electron chi connectivity index (χ4n) is 5.45. The number of methoxy groups -OCH3 is 1. The van der Waals surface area contributed by atoms with E-state index in [0.29, 0.717) is 36.6 Å². The molecule has 1 saturated carbocycles. The Morgan fingerprint density at radius 3 is 2.45 bits per heavy atom. The van der Waals surface area contributed by atoms with Crippen molar-refractivity contribution in [2.75, 3.05) is 25.1 Å². The zero-order valence-corrected chi connectivity index (χ0v) is 24.9. The molecule has 2 amide bonds. The average Bonchev–Trinajstić information content (AvgIpc) is 3.02. The Bertz CT molecular complexity index is 1530. The third kappa shape index (κ3) is 6.56. The summed E-state index contributed by atoms with van der Waals surface area (Å²) in [5.74, 6) is -0.0699. The van der Waals surface area contributed by atoms with Crippen molar-refractivity contribution in [3.63, 3.8) is 0 Å². The van der Waals surface area contributed by atoms with Gasteiger partial charge in [0.15, 0.2) is 6.10 Å². The quantitative estimate of drug-likeness (QED) is 0.373. The molecule has 3 aromatic rings. The highest BCUT2D eigenvalue weighted by molar-refractivity contribution is 7.89. The van der Waals surface area contributed by atoms with Gasteiger partial charge in [0.05, 0.1) is 35.8 Å². The van der Waals surface area contributed by atoms with Gasteiger partial charge in [0, 0.05) is 12.6 Å². The van der Waals surface area contributed by atoms with Gasteiger partial charge in [-0.1, -0.05) is 73.3 Å². The van der Waals surface area contributed by atoms with Crippen LogP contribution in [-0.4, -0.2) is 56.9 Å². The topological polar surface area (TPSA) is 105 Å². The van der Waals surface area contributed by atoms with E-state index in [-0.39, 0.29) is 35.0 Å². The van der Waals surface area contributed by atoms with E-state index in [1.807, 2.05) is 30.3 Å². The standard InChI is InChI=1S/C31H34ClN3O6S/c1-40-27-17-16-24(18-25(27)32)42(38,39)35(23-12-6-3-7-13-23)21-30(36)34-20-29(41-28-15-9-8-14-26(28)34)31(37)33-19-22-10-4-2-5-11-22/h2,4-5,8-11,14-18,23,29H,3,6-7,12-13,19-21H2,1H3,(H,33,37). The molecule has 1 N–H and O–H groups in total. The van der Waals surface area contributed by atoms with Crippen LogP contribution in [0.1, 0.15) is 37.7 Å². The summed E-state index contributed by atoms with van der Waals surface area (Å²) in [6.07, 6.45) is 3.11. The molecule has 222 valence electrons. The maximum atomic E-state index is 14.0. The zero-order chi connectivity index (χ0) is 29.7.